The van der Waals surface area contributed by atoms with E-state index in [0.717, 1.165) is 0 Å². The molecule has 1 rings (SSSR count). The van der Waals surface area contributed by atoms with Crippen molar-refractivity contribution in [1.82, 2.24) is 5.32 Å². The number of hydrogen-bond acceptors (Lipinski definition) is 2. The van der Waals surface area contributed by atoms with E-state index in [9.17, 15) is 9.59 Å². The van der Waals surface area contributed by atoms with Gasteiger partial charge in [-0.05, 0) is 25.0 Å². The average Bonchev–Trinajstić information content (AvgIpc) is 2.39. The molecule has 0 aromatic heterocycles. The highest BCUT2D eigenvalue weighted by Crippen LogP contribution is 2.29. The standard InChI is InChI=1S/C13H16Cl2N2O3/c1-8(12(18)19)4-3-7-16-13(20)17-10-6-2-5-9(14)11(10)15/h2,5-6,8H,3-4,7H2,1H3,(H,18,19)(H2,16,17,20). The summed E-state index contributed by atoms with van der Waals surface area (Å²) in [6, 6.07) is 4.54. The van der Waals surface area contributed by atoms with E-state index in [0.29, 0.717) is 30.1 Å². The molecule has 0 saturated carbocycles. The Balaban J connectivity index is 2.34. The van der Waals surface area contributed by atoms with Gasteiger partial charge >= 0.3 is 12.0 Å². The lowest BCUT2D eigenvalue weighted by Gasteiger charge is -2.10. The predicted octanol–water partition coefficient (Wildman–Crippen LogP) is 3.62. The lowest BCUT2D eigenvalue weighted by molar-refractivity contribution is -0.141. The van der Waals surface area contributed by atoms with Crippen LogP contribution in [-0.2, 0) is 4.79 Å². The summed E-state index contributed by atoms with van der Waals surface area (Å²) in [6.45, 7) is 2.02. The van der Waals surface area contributed by atoms with Gasteiger partial charge in [0, 0.05) is 6.54 Å². The van der Waals surface area contributed by atoms with Crippen molar-refractivity contribution in [1.29, 1.82) is 0 Å². The molecule has 0 aliphatic carbocycles. The number of anilines is 1. The van der Waals surface area contributed by atoms with Crippen molar-refractivity contribution in [3.05, 3.63) is 28.2 Å². The van der Waals surface area contributed by atoms with Gasteiger partial charge in [-0.25, -0.2) is 4.79 Å². The van der Waals surface area contributed by atoms with Crippen molar-refractivity contribution in [2.75, 3.05) is 11.9 Å². The van der Waals surface area contributed by atoms with Gasteiger partial charge in [0.25, 0.3) is 0 Å². The van der Waals surface area contributed by atoms with Gasteiger partial charge in [-0.2, -0.15) is 0 Å². The highest BCUT2D eigenvalue weighted by Gasteiger charge is 2.11. The molecule has 0 aliphatic heterocycles. The normalized spacial score (nSPS) is 11.8. The fourth-order valence-corrected chi connectivity index (χ4v) is 1.85. The van der Waals surface area contributed by atoms with Gasteiger partial charge in [0.2, 0.25) is 0 Å². The van der Waals surface area contributed by atoms with Gasteiger partial charge in [0.15, 0.2) is 0 Å². The summed E-state index contributed by atoms with van der Waals surface area (Å²) in [7, 11) is 0. The summed E-state index contributed by atoms with van der Waals surface area (Å²) in [5.41, 5.74) is 0.426. The molecule has 1 aromatic rings. The number of urea groups is 1. The Kier molecular flexibility index (Phi) is 6.61. The van der Waals surface area contributed by atoms with Crippen LogP contribution in [-0.4, -0.2) is 23.7 Å². The van der Waals surface area contributed by atoms with E-state index >= 15 is 0 Å². The maximum atomic E-state index is 11.6. The van der Waals surface area contributed by atoms with Crippen molar-refractivity contribution in [3.63, 3.8) is 0 Å². The lowest BCUT2D eigenvalue weighted by Crippen LogP contribution is -2.30. The first-order valence-corrected chi connectivity index (χ1v) is 6.89. The minimum absolute atomic E-state index is 0.281. The number of carbonyl (C=O) groups excluding carboxylic acids is 1. The Morgan fingerprint density at radius 1 is 1.35 bits per heavy atom. The summed E-state index contributed by atoms with van der Waals surface area (Å²) in [6.07, 6.45) is 1.09. The van der Waals surface area contributed by atoms with Gasteiger partial charge in [-0.3, -0.25) is 4.79 Å². The Morgan fingerprint density at radius 3 is 2.70 bits per heavy atom. The molecule has 0 spiro atoms. The number of halogens is 2. The largest absolute Gasteiger partial charge is 0.481 e. The summed E-state index contributed by atoms with van der Waals surface area (Å²) in [4.78, 5) is 22.2. The van der Waals surface area contributed by atoms with Gasteiger partial charge in [0.1, 0.15) is 0 Å². The Hall–Kier alpha value is -1.46. The van der Waals surface area contributed by atoms with E-state index in [4.69, 9.17) is 28.3 Å². The van der Waals surface area contributed by atoms with E-state index in [1.165, 1.54) is 0 Å². The minimum Gasteiger partial charge on any atom is -0.481 e. The smallest absolute Gasteiger partial charge is 0.319 e. The van der Waals surface area contributed by atoms with Crippen LogP contribution in [0.2, 0.25) is 10.0 Å². The first-order chi connectivity index (χ1) is 9.41. The molecule has 0 heterocycles. The van der Waals surface area contributed by atoms with Crippen LogP contribution in [0.1, 0.15) is 19.8 Å². The molecule has 0 radical (unpaired) electrons. The number of rotatable bonds is 6. The molecule has 0 saturated heterocycles. The second-order valence-electron chi connectivity index (χ2n) is 4.36. The number of hydrogen-bond donors (Lipinski definition) is 3. The van der Waals surface area contributed by atoms with Crippen molar-refractivity contribution < 1.29 is 14.7 Å². The highest BCUT2D eigenvalue weighted by atomic mass is 35.5. The fraction of sp³-hybridized carbons (Fsp3) is 0.385. The summed E-state index contributed by atoms with van der Waals surface area (Å²) in [5, 5.41) is 14.6. The van der Waals surface area contributed by atoms with Crippen LogP contribution in [0.3, 0.4) is 0 Å². The number of nitrogens with one attached hydrogen (secondary N) is 2. The second-order valence-corrected chi connectivity index (χ2v) is 5.15. The van der Waals surface area contributed by atoms with Crippen LogP contribution in [0.15, 0.2) is 18.2 Å². The molecule has 2 amide bonds. The third-order valence-corrected chi connectivity index (χ3v) is 3.54. The molecule has 0 bridgehead atoms. The average molecular weight is 319 g/mol. The molecule has 110 valence electrons. The number of amides is 2. The van der Waals surface area contributed by atoms with Gasteiger partial charge in [0.05, 0.1) is 21.7 Å². The predicted molar refractivity (Wildman–Crippen MR) is 79.5 cm³/mol. The molecule has 1 aromatic carbocycles. The number of carboxylic acid groups (broad SMARTS) is 1. The molecule has 0 aliphatic rings. The summed E-state index contributed by atoms with van der Waals surface area (Å²) < 4.78 is 0. The zero-order valence-corrected chi connectivity index (χ0v) is 12.5. The molecule has 1 unspecified atom stereocenters. The van der Waals surface area contributed by atoms with Crippen molar-refractivity contribution >= 4 is 40.9 Å². The molecule has 0 fully saturated rings. The first-order valence-electron chi connectivity index (χ1n) is 6.13. The molecule has 7 heteroatoms. The fourth-order valence-electron chi connectivity index (χ4n) is 1.50. The van der Waals surface area contributed by atoms with Gasteiger partial charge in [-0.1, -0.05) is 36.2 Å². The van der Waals surface area contributed by atoms with Crippen LogP contribution in [0.5, 0.6) is 0 Å². The molecule has 1 atom stereocenters. The van der Waals surface area contributed by atoms with E-state index in [-0.39, 0.29) is 5.02 Å². The maximum Gasteiger partial charge on any atom is 0.319 e. The minimum atomic E-state index is -0.833. The molecule has 20 heavy (non-hydrogen) atoms. The third kappa shape index (κ3) is 5.27. The third-order valence-electron chi connectivity index (χ3n) is 2.72. The van der Waals surface area contributed by atoms with E-state index in [1.807, 2.05) is 0 Å². The van der Waals surface area contributed by atoms with Crippen LogP contribution < -0.4 is 10.6 Å². The maximum absolute atomic E-state index is 11.6. The van der Waals surface area contributed by atoms with E-state index in [1.54, 1.807) is 25.1 Å². The van der Waals surface area contributed by atoms with E-state index < -0.39 is 17.9 Å². The van der Waals surface area contributed by atoms with Crippen LogP contribution >= 0.6 is 23.2 Å². The summed E-state index contributed by atoms with van der Waals surface area (Å²) in [5.74, 6) is -1.25. The van der Waals surface area contributed by atoms with Gasteiger partial charge in [-0.15, -0.1) is 0 Å². The van der Waals surface area contributed by atoms with Crippen LogP contribution in [0.25, 0.3) is 0 Å². The first kappa shape index (κ1) is 16.6. The SMILES string of the molecule is CC(CCCNC(=O)Nc1cccc(Cl)c1Cl)C(=O)O. The molecule has 5 nitrogen and oxygen atoms in total. The van der Waals surface area contributed by atoms with Crippen LogP contribution in [0, 0.1) is 5.92 Å². The quantitative estimate of drug-likeness (QED) is 0.701. The topological polar surface area (TPSA) is 78.4 Å². The second kappa shape index (κ2) is 7.97. The number of benzene rings is 1. The highest BCUT2D eigenvalue weighted by molar-refractivity contribution is 6.43. The number of carbonyl (C=O) groups is 2. The Labute approximate surface area is 127 Å². The lowest BCUT2D eigenvalue weighted by atomic mass is 10.1. The number of carboxylic acids is 1. The zero-order chi connectivity index (χ0) is 15.1. The van der Waals surface area contributed by atoms with Gasteiger partial charge < -0.3 is 15.7 Å². The van der Waals surface area contributed by atoms with Crippen molar-refractivity contribution in [3.8, 4) is 0 Å². The van der Waals surface area contributed by atoms with Crippen molar-refractivity contribution in [2.24, 2.45) is 5.92 Å². The van der Waals surface area contributed by atoms with Crippen LogP contribution in [0.4, 0.5) is 10.5 Å². The number of aliphatic carboxylic acids is 1. The van der Waals surface area contributed by atoms with Crippen molar-refractivity contribution in [2.45, 2.75) is 19.8 Å². The summed E-state index contributed by atoms with van der Waals surface area (Å²) >= 11 is 11.8. The Bertz CT molecular complexity index is 495. The molecular formula is C13H16Cl2N2O3. The molecular weight excluding hydrogens is 303 g/mol. The monoisotopic (exact) mass is 318 g/mol. The van der Waals surface area contributed by atoms with E-state index in [2.05, 4.69) is 10.6 Å². The Morgan fingerprint density at radius 2 is 2.05 bits per heavy atom. The molecule has 3 N–H and O–H groups in total. The zero-order valence-electron chi connectivity index (χ0n) is 11.0.